The second kappa shape index (κ2) is 4.95. The predicted octanol–water partition coefficient (Wildman–Crippen LogP) is 1.18. The van der Waals surface area contributed by atoms with Crippen LogP contribution in [-0.2, 0) is 0 Å². The first-order valence-corrected chi connectivity index (χ1v) is 5.82. The summed E-state index contributed by atoms with van der Waals surface area (Å²) in [4.78, 5) is 2.20. The number of likely N-dealkylation sites (tertiary alicyclic amines) is 1. The molecule has 3 atom stereocenters. The molecule has 0 aliphatic carbocycles. The van der Waals surface area contributed by atoms with Gasteiger partial charge in [0.2, 0.25) is 0 Å². The minimum Gasteiger partial charge on any atom is -0.395 e. The van der Waals surface area contributed by atoms with E-state index in [4.69, 9.17) is 0 Å². The summed E-state index contributed by atoms with van der Waals surface area (Å²) in [6.45, 7) is 2.47. The van der Waals surface area contributed by atoms with E-state index < -0.39 is 0 Å². The molecule has 0 radical (unpaired) electrons. The Bertz CT molecular complexity index is 318. The van der Waals surface area contributed by atoms with Crippen LogP contribution in [-0.4, -0.2) is 40.4 Å². The van der Waals surface area contributed by atoms with Crippen LogP contribution in [0.3, 0.4) is 0 Å². The van der Waals surface area contributed by atoms with Crippen LogP contribution in [0.1, 0.15) is 24.9 Å². The summed E-state index contributed by atoms with van der Waals surface area (Å²) in [7, 11) is 0. The van der Waals surface area contributed by atoms with Gasteiger partial charge in [0.15, 0.2) is 0 Å². The molecule has 0 amide bonds. The van der Waals surface area contributed by atoms with Crippen molar-refractivity contribution in [1.29, 1.82) is 0 Å². The summed E-state index contributed by atoms with van der Waals surface area (Å²) < 4.78 is 0. The van der Waals surface area contributed by atoms with E-state index in [1.807, 2.05) is 18.2 Å². The third-order valence-corrected chi connectivity index (χ3v) is 3.54. The molecular weight excluding hydrogens is 202 g/mol. The van der Waals surface area contributed by atoms with Crippen molar-refractivity contribution in [1.82, 2.24) is 4.90 Å². The normalized spacial score (nSPS) is 27.4. The topological polar surface area (TPSA) is 43.7 Å². The highest BCUT2D eigenvalue weighted by Gasteiger charge is 2.40. The summed E-state index contributed by atoms with van der Waals surface area (Å²) in [6, 6.07) is 10.9. The zero-order chi connectivity index (χ0) is 11.5. The largest absolute Gasteiger partial charge is 0.395 e. The molecule has 1 saturated heterocycles. The number of hydrogen-bond acceptors (Lipinski definition) is 3. The van der Waals surface area contributed by atoms with Gasteiger partial charge in [-0.15, -0.1) is 0 Å². The third-order valence-electron chi connectivity index (χ3n) is 3.54. The van der Waals surface area contributed by atoms with Crippen molar-refractivity contribution in [3.05, 3.63) is 35.9 Å². The number of nitrogens with zero attached hydrogens (tertiary/aromatic N) is 1. The van der Waals surface area contributed by atoms with Crippen LogP contribution in [0, 0.1) is 0 Å². The van der Waals surface area contributed by atoms with Gasteiger partial charge in [-0.2, -0.15) is 0 Å². The first-order chi connectivity index (χ1) is 7.77. The van der Waals surface area contributed by atoms with Crippen LogP contribution in [0.4, 0.5) is 0 Å². The molecule has 2 N–H and O–H groups in total. The van der Waals surface area contributed by atoms with E-state index in [0.29, 0.717) is 0 Å². The summed E-state index contributed by atoms with van der Waals surface area (Å²) in [5.41, 5.74) is 1.24. The summed E-state index contributed by atoms with van der Waals surface area (Å²) in [5.74, 6) is 0. The third kappa shape index (κ3) is 1.98. The van der Waals surface area contributed by atoms with Crippen molar-refractivity contribution in [2.75, 3.05) is 13.2 Å². The van der Waals surface area contributed by atoms with Crippen LogP contribution in [0.5, 0.6) is 0 Å². The summed E-state index contributed by atoms with van der Waals surface area (Å²) in [5, 5.41) is 18.5. The maximum Gasteiger partial charge on any atom is 0.0587 e. The molecule has 3 heteroatoms. The van der Waals surface area contributed by atoms with Gasteiger partial charge in [0, 0.05) is 18.1 Å². The van der Waals surface area contributed by atoms with Crippen molar-refractivity contribution in [2.45, 2.75) is 31.5 Å². The van der Waals surface area contributed by atoms with Gasteiger partial charge in [-0.1, -0.05) is 30.3 Å². The number of aliphatic hydroxyl groups is 2. The van der Waals surface area contributed by atoms with E-state index >= 15 is 0 Å². The molecule has 0 bridgehead atoms. The Morgan fingerprint density at radius 3 is 2.25 bits per heavy atom. The lowest BCUT2D eigenvalue weighted by atomic mass is 9.89. The van der Waals surface area contributed by atoms with E-state index in [1.165, 1.54) is 5.56 Å². The van der Waals surface area contributed by atoms with Crippen LogP contribution in [0.25, 0.3) is 0 Å². The fraction of sp³-hybridized carbons (Fsp3) is 0.538. The van der Waals surface area contributed by atoms with Crippen molar-refractivity contribution < 1.29 is 10.2 Å². The Labute approximate surface area is 96.3 Å². The number of hydrogen-bond donors (Lipinski definition) is 2. The average Bonchev–Trinajstić information content (AvgIpc) is 2.30. The van der Waals surface area contributed by atoms with Gasteiger partial charge >= 0.3 is 0 Å². The molecule has 0 unspecified atom stereocenters. The molecule has 1 aliphatic heterocycles. The summed E-state index contributed by atoms with van der Waals surface area (Å²) in [6.07, 6.45) is 0.893. The van der Waals surface area contributed by atoms with Gasteiger partial charge in [0.05, 0.1) is 13.2 Å². The molecule has 1 aliphatic rings. The first kappa shape index (κ1) is 11.6. The fourth-order valence-electron chi connectivity index (χ4n) is 2.59. The SMILES string of the molecule is C[C@@H](c1ccccc1)N1[C@H](CO)C[C@H]1CO. The zero-order valence-corrected chi connectivity index (χ0v) is 9.58. The zero-order valence-electron chi connectivity index (χ0n) is 9.58. The fourth-order valence-corrected chi connectivity index (χ4v) is 2.59. The average molecular weight is 221 g/mol. The van der Waals surface area contributed by atoms with E-state index in [1.54, 1.807) is 0 Å². The molecule has 88 valence electrons. The van der Waals surface area contributed by atoms with Crippen molar-refractivity contribution in [3.63, 3.8) is 0 Å². The lowest BCUT2D eigenvalue weighted by molar-refractivity contribution is -0.0677. The van der Waals surface area contributed by atoms with Gasteiger partial charge in [0.25, 0.3) is 0 Å². The monoisotopic (exact) mass is 221 g/mol. The smallest absolute Gasteiger partial charge is 0.0587 e. The van der Waals surface area contributed by atoms with Crippen LogP contribution < -0.4 is 0 Å². The second-order valence-electron chi connectivity index (χ2n) is 4.44. The molecule has 0 aromatic heterocycles. The minimum absolute atomic E-state index is 0.174. The molecule has 16 heavy (non-hydrogen) atoms. The van der Waals surface area contributed by atoms with E-state index in [9.17, 15) is 10.2 Å². The molecule has 0 spiro atoms. The van der Waals surface area contributed by atoms with Crippen LogP contribution in [0.15, 0.2) is 30.3 Å². The van der Waals surface area contributed by atoms with E-state index in [2.05, 4.69) is 24.0 Å². The van der Waals surface area contributed by atoms with Gasteiger partial charge in [-0.3, -0.25) is 4.90 Å². The maximum atomic E-state index is 9.24. The van der Waals surface area contributed by atoms with Crippen molar-refractivity contribution in [3.8, 4) is 0 Å². The molecule has 1 aromatic carbocycles. The van der Waals surface area contributed by atoms with Gasteiger partial charge in [0.1, 0.15) is 0 Å². The Morgan fingerprint density at radius 2 is 1.75 bits per heavy atom. The lowest BCUT2D eigenvalue weighted by Gasteiger charge is -2.50. The molecule has 3 nitrogen and oxygen atoms in total. The first-order valence-electron chi connectivity index (χ1n) is 5.82. The van der Waals surface area contributed by atoms with Gasteiger partial charge in [-0.05, 0) is 18.9 Å². The standard InChI is InChI=1S/C13H19NO2/c1-10(11-5-3-2-4-6-11)14-12(8-15)7-13(14)9-16/h2-6,10,12-13,15-16H,7-9H2,1H3/t10-,12-,13-/m0/s1. The molecule has 1 fully saturated rings. The number of aliphatic hydroxyl groups excluding tert-OH is 2. The lowest BCUT2D eigenvalue weighted by Crippen LogP contribution is -2.59. The quantitative estimate of drug-likeness (QED) is 0.802. The molecule has 1 aromatic rings. The Kier molecular flexibility index (Phi) is 3.59. The van der Waals surface area contributed by atoms with Crippen LogP contribution in [0.2, 0.25) is 0 Å². The van der Waals surface area contributed by atoms with Gasteiger partial charge in [-0.25, -0.2) is 0 Å². The molecule has 1 heterocycles. The second-order valence-corrected chi connectivity index (χ2v) is 4.44. The minimum atomic E-state index is 0.174. The van der Waals surface area contributed by atoms with Crippen molar-refractivity contribution >= 4 is 0 Å². The Balaban J connectivity index is 2.11. The van der Waals surface area contributed by atoms with Crippen molar-refractivity contribution in [2.24, 2.45) is 0 Å². The Hall–Kier alpha value is -0.900. The molecular formula is C13H19NO2. The highest BCUT2D eigenvalue weighted by atomic mass is 16.3. The number of benzene rings is 1. The summed E-state index contributed by atoms with van der Waals surface area (Å²) >= 11 is 0. The van der Waals surface area contributed by atoms with Crippen LogP contribution >= 0.6 is 0 Å². The highest BCUT2D eigenvalue weighted by molar-refractivity contribution is 5.19. The molecule has 0 saturated carbocycles. The van der Waals surface area contributed by atoms with E-state index in [-0.39, 0.29) is 31.3 Å². The maximum absolute atomic E-state index is 9.24. The number of rotatable bonds is 4. The highest BCUT2D eigenvalue weighted by Crippen LogP contribution is 2.34. The predicted molar refractivity (Wildman–Crippen MR) is 63.1 cm³/mol. The van der Waals surface area contributed by atoms with Gasteiger partial charge < -0.3 is 10.2 Å². The molecule has 2 rings (SSSR count). The Morgan fingerprint density at radius 1 is 1.19 bits per heavy atom. The van der Waals surface area contributed by atoms with E-state index in [0.717, 1.165) is 6.42 Å².